The van der Waals surface area contributed by atoms with Gasteiger partial charge in [0.2, 0.25) is 0 Å². The van der Waals surface area contributed by atoms with Gasteiger partial charge in [-0.15, -0.1) is 0 Å². The highest BCUT2D eigenvalue weighted by atomic mass is 16.4. The summed E-state index contributed by atoms with van der Waals surface area (Å²) in [6.45, 7) is 3.55. The normalized spacial score (nSPS) is 11.9. The number of hydrogen-bond donors (Lipinski definition) is 2. The Hall–Kier alpha value is -2.56. The fourth-order valence-electron chi connectivity index (χ4n) is 2.31. The Morgan fingerprint density at radius 1 is 1.23 bits per heavy atom. The zero-order chi connectivity index (χ0) is 16.1. The van der Waals surface area contributed by atoms with Gasteiger partial charge in [0.05, 0.1) is 11.5 Å². The number of carboxylic acids is 1. The van der Waals surface area contributed by atoms with Gasteiger partial charge in [0, 0.05) is 6.54 Å². The predicted molar refractivity (Wildman–Crippen MR) is 81.8 cm³/mol. The molecule has 2 aromatic rings. The van der Waals surface area contributed by atoms with Crippen molar-refractivity contribution in [2.45, 2.75) is 20.3 Å². The molecule has 1 aromatic carbocycles. The van der Waals surface area contributed by atoms with Crippen LogP contribution in [0.2, 0.25) is 0 Å². The molecule has 2 rings (SSSR count). The van der Waals surface area contributed by atoms with E-state index < -0.39 is 11.9 Å². The van der Waals surface area contributed by atoms with Crippen LogP contribution in [0.4, 0.5) is 0 Å². The average Bonchev–Trinajstić information content (AvgIpc) is 2.82. The number of carbonyl (C=O) groups is 2. The third-order valence-corrected chi connectivity index (χ3v) is 3.47. The lowest BCUT2D eigenvalue weighted by Crippen LogP contribution is -2.34. The van der Waals surface area contributed by atoms with E-state index in [9.17, 15) is 14.7 Å². The summed E-state index contributed by atoms with van der Waals surface area (Å²) >= 11 is 0. The minimum Gasteiger partial charge on any atom is -0.481 e. The van der Waals surface area contributed by atoms with Gasteiger partial charge in [-0.1, -0.05) is 30.3 Å². The number of amides is 1. The second-order valence-electron chi connectivity index (χ2n) is 5.26. The maximum atomic E-state index is 12.1. The van der Waals surface area contributed by atoms with Crippen LogP contribution < -0.4 is 5.32 Å². The van der Waals surface area contributed by atoms with E-state index in [1.165, 1.54) is 0 Å². The highest BCUT2D eigenvalue weighted by Crippen LogP contribution is 2.14. The van der Waals surface area contributed by atoms with Crippen molar-refractivity contribution in [3.05, 3.63) is 59.0 Å². The predicted octanol–water partition coefficient (Wildman–Crippen LogP) is 2.57. The van der Waals surface area contributed by atoms with E-state index in [0.717, 1.165) is 5.56 Å². The summed E-state index contributed by atoms with van der Waals surface area (Å²) in [5, 5.41) is 12.0. The number of aryl methyl sites for hydroxylation is 2. The Morgan fingerprint density at radius 3 is 2.45 bits per heavy atom. The van der Waals surface area contributed by atoms with Gasteiger partial charge in [-0.25, -0.2) is 0 Å². The SMILES string of the molecule is Cc1cc(C(=O)NC[C@@H](Cc2ccccc2)C(=O)O)c(C)o1. The molecule has 0 aliphatic carbocycles. The fraction of sp³-hybridized carbons (Fsp3) is 0.294. The first-order chi connectivity index (χ1) is 10.5. The van der Waals surface area contributed by atoms with Gasteiger partial charge >= 0.3 is 5.97 Å². The Bertz CT molecular complexity index is 661. The molecule has 0 saturated carbocycles. The molecule has 116 valence electrons. The average molecular weight is 301 g/mol. The summed E-state index contributed by atoms with van der Waals surface area (Å²) in [7, 11) is 0. The second-order valence-corrected chi connectivity index (χ2v) is 5.26. The van der Waals surface area contributed by atoms with Crippen LogP contribution in [0.15, 0.2) is 40.8 Å². The van der Waals surface area contributed by atoms with Crippen molar-refractivity contribution in [2.24, 2.45) is 5.92 Å². The number of hydrogen-bond acceptors (Lipinski definition) is 3. The Morgan fingerprint density at radius 2 is 1.91 bits per heavy atom. The van der Waals surface area contributed by atoms with Gasteiger partial charge in [0.15, 0.2) is 0 Å². The Labute approximate surface area is 129 Å². The molecule has 0 bridgehead atoms. The Kier molecular flexibility index (Phi) is 4.99. The third-order valence-electron chi connectivity index (χ3n) is 3.47. The molecular weight excluding hydrogens is 282 g/mol. The number of furan rings is 1. The van der Waals surface area contributed by atoms with Crippen LogP contribution in [-0.4, -0.2) is 23.5 Å². The summed E-state index contributed by atoms with van der Waals surface area (Å²) in [6.07, 6.45) is 0.375. The topological polar surface area (TPSA) is 79.5 Å². The van der Waals surface area contributed by atoms with Crippen molar-refractivity contribution >= 4 is 11.9 Å². The molecule has 5 nitrogen and oxygen atoms in total. The number of carbonyl (C=O) groups excluding carboxylic acids is 1. The smallest absolute Gasteiger partial charge is 0.308 e. The molecular formula is C17H19NO4. The van der Waals surface area contributed by atoms with Gasteiger partial charge in [-0.05, 0) is 31.9 Å². The summed E-state index contributed by atoms with van der Waals surface area (Å²) in [6, 6.07) is 11.0. The van der Waals surface area contributed by atoms with Gasteiger partial charge in [-0.3, -0.25) is 9.59 Å². The summed E-state index contributed by atoms with van der Waals surface area (Å²) in [5.41, 5.74) is 1.38. The van der Waals surface area contributed by atoms with Crippen LogP contribution in [0.25, 0.3) is 0 Å². The number of nitrogens with one attached hydrogen (secondary N) is 1. The van der Waals surface area contributed by atoms with Crippen LogP contribution in [-0.2, 0) is 11.2 Å². The summed E-state index contributed by atoms with van der Waals surface area (Å²) in [4.78, 5) is 23.4. The first kappa shape index (κ1) is 15.8. The van der Waals surface area contributed by atoms with Crippen LogP contribution in [0.3, 0.4) is 0 Å². The van der Waals surface area contributed by atoms with Crippen LogP contribution in [0.5, 0.6) is 0 Å². The van der Waals surface area contributed by atoms with E-state index in [1.54, 1.807) is 19.9 Å². The third kappa shape index (κ3) is 3.97. The molecule has 0 aliphatic heterocycles. The molecule has 0 radical (unpaired) electrons. The van der Waals surface area contributed by atoms with E-state index in [2.05, 4.69) is 5.32 Å². The van der Waals surface area contributed by atoms with E-state index in [4.69, 9.17) is 4.42 Å². The standard InChI is InChI=1S/C17H19NO4/c1-11-8-15(12(2)22-11)16(19)18-10-14(17(20)21)9-13-6-4-3-5-7-13/h3-8,14H,9-10H2,1-2H3,(H,18,19)(H,20,21)/t14-/m1/s1. The monoisotopic (exact) mass is 301 g/mol. The second kappa shape index (κ2) is 6.93. The minimum atomic E-state index is -0.927. The highest BCUT2D eigenvalue weighted by Gasteiger charge is 2.20. The van der Waals surface area contributed by atoms with Crippen LogP contribution in [0, 0.1) is 19.8 Å². The number of aliphatic carboxylic acids is 1. The molecule has 1 aromatic heterocycles. The summed E-state index contributed by atoms with van der Waals surface area (Å²) < 4.78 is 5.31. The number of rotatable bonds is 6. The van der Waals surface area contributed by atoms with Crippen molar-refractivity contribution in [2.75, 3.05) is 6.54 Å². The zero-order valence-corrected chi connectivity index (χ0v) is 12.6. The molecule has 0 unspecified atom stereocenters. The van der Waals surface area contributed by atoms with Gasteiger partial charge < -0.3 is 14.8 Å². The first-order valence-electron chi connectivity index (χ1n) is 7.09. The van der Waals surface area contributed by atoms with Gasteiger partial charge in [0.25, 0.3) is 5.91 Å². The maximum absolute atomic E-state index is 12.1. The highest BCUT2D eigenvalue weighted by molar-refractivity contribution is 5.95. The Balaban J connectivity index is 1.99. The molecule has 0 aliphatic rings. The van der Waals surface area contributed by atoms with Crippen molar-refractivity contribution in [1.29, 1.82) is 0 Å². The van der Waals surface area contributed by atoms with Crippen molar-refractivity contribution in [3.63, 3.8) is 0 Å². The molecule has 1 amide bonds. The van der Waals surface area contributed by atoms with E-state index >= 15 is 0 Å². The lowest BCUT2D eigenvalue weighted by molar-refractivity contribution is -0.141. The minimum absolute atomic E-state index is 0.0761. The molecule has 0 spiro atoms. The van der Waals surface area contributed by atoms with Crippen molar-refractivity contribution in [3.8, 4) is 0 Å². The van der Waals surface area contributed by atoms with Crippen LogP contribution in [0.1, 0.15) is 27.4 Å². The lowest BCUT2D eigenvalue weighted by Gasteiger charge is -2.13. The van der Waals surface area contributed by atoms with E-state index in [-0.39, 0.29) is 12.5 Å². The van der Waals surface area contributed by atoms with E-state index in [0.29, 0.717) is 23.5 Å². The zero-order valence-electron chi connectivity index (χ0n) is 12.6. The van der Waals surface area contributed by atoms with Crippen molar-refractivity contribution < 1.29 is 19.1 Å². The van der Waals surface area contributed by atoms with Gasteiger partial charge in [0.1, 0.15) is 11.5 Å². The largest absolute Gasteiger partial charge is 0.481 e. The molecule has 22 heavy (non-hydrogen) atoms. The molecule has 1 atom stereocenters. The molecule has 0 fully saturated rings. The summed E-state index contributed by atoms with van der Waals surface area (Å²) in [5.74, 6) is -0.718. The van der Waals surface area contributed by atoms with Gasteiger partial charge in [-0.2, -0.15) is 0 Å². The van der Waals surface area contributed by atoms with Crippen molar-refractivity contribution in [1.82, 2.24) is 5.32 Å². The maximum Gasteiger partial charge on any atom is 0.308 e. The molecule has 0 saturated heterocycles. The number of benzene rings is 1. The fourth-order valence-corrected chi connectivity index (χ4v) is 2.31. The lowest BCUT2D eigenvalue weighted by atomic mass is 9.99. The first-order valence-corrected chi connectivity index (χ1v) is 7.09. The molecule has 2 N–H and O–H groups in total. The molecule has 5 heteroatoms. The quantitative estimate of drug-likeness (QED) is 0.859. The molecule has 1 heterocycles. The van der Waals surface area contributed by atoms with Crippen LogP contribution >= 0.6 is 0 Å². The van der Waals surface area contributed by atoms with E-state index in [1.807, 2.05) is 30.3 Å². The number of carboxylic acid groups (broad SMARTS) is 1.